The average Bonchev–Trinajstić information content (AvgIpc) is 3.06. The first-order valence-electron chi connectivity index (χ1n) is 13.5. The van der Waals surface area contributed by atoms with Crippen molar-refractivity contribution >= 4 is 17.1 Å². The lowest BCUT2D eigenvalue weighted by Crippen LogP contribution is -2.09. The van der Waals surface area contributed by atoms with Crippen LogP contribution in [0.4, 0.5) is 17.1 Å². The fourth-order valence-corrected chi connectivity index (χ4v) is 5.01. The molecule has 0 aliphatic heterocycles. The molecule has 0 unspecified atom stereocenters. The molecular weight excluding hydrogens is 504 g/mol. The van der Waals surface area contributed by atoms with Crippen LogP contribution in [-0.2, 0) is 0 Å². The summed E-state index contributed by atoms with van der Waals surface area (Å²) >= 11 is 0. The topological polar surface area (TPSA) is 34.6 Å². The molecule has 0 N–H and O–H groups in total. The van der Waals surface area contributed by atoms with Crippen LogP contribution in [-0.4, -0.2) is 19.2 Å². The van der Waals surface area contributed by atoms with Crippen molar-refractivity contribution in [3.05, 3.63) is 146 Å². The number of pyridine rings is 1. The Kier molecular flexibility index (Phi) is 7.46. The van der Waals surface area contributed by atoms with Crippen LogP contribution in [0.5, 0.6) is 11.5 Å². The quantitative estimate of drug-likeness (QED) is 0.195. The molecule has 0 saturated heterocycles. The fourth-order valence-electron chi connectivity index (χ4n) is 5.01. The highest BCUT2D eigenvalue weighted by molar-refractivity contribution is 5.81. The molecule has 0 atom stereocenters. The van der Waals surface area contributed by atoms with Gasteiger partial charge in [-0.1, -0.05) is 78.9 Å². The molecule has 0 amide bonds. The molecule has 4 nitrogen and oxygen atoms in total. The highest BCUT2D eigenvalue weighted by Gasteiger charge is 2.15. The summed E-state index contributed by atoms with van der Waals surface area (Å²) in [4.78, 5) is 7.32. The Balaban J connectivity index is 1.45. The van der Waals surface area contributed by atoms with Crippen LogP contribution in [0.3, 0.4) is 0 Å². The Hall–Kier alpha value is -5.35. The second-order valence-corrected chi connectivity index (χ2v) is 9.61. The molecule has 4 heteroatoms. The van der Waals surface area contributed by atoms with Crippen LogP contribution < -0.4 is 14.4 Å². The van der Waals surface area contributed by atoms with Gasteiger partial charge in [-0.2, -0.15) is 0 Å². The Morgan fingerprint density at radius 3 is 1.61 bits per heavy atom. The zero-order valence-corrected chi connectivity index (χ0v) is 23.1. The van der Waals surface area contributed by atoms with E-state index in [1.165, 1.54) is 0 Å². The Labute approximate surface area is 241 Å². The molecule has 200 valence electrons. The number of methoxy groups -OCH3 is 2. The van der Waals surface area contributed by atoms with E-state index in [4.69, 9.17) is 14.5 Å². The van der Waals surface area contributed by atoms with E-state index in [1.54, 1.807) is 14.2 Å². The van der Waals surface area contributed by atoms with Crippen LogP contribution in [0.2, 0.25) is 0 Å². The van der Waals surface area contributed by atoms with Crippen molar-refractivity contribution in [3.63, 3.8) is 0 Å². The standard InChI is InChI=1S/C37H30N2O2/c1-40-33-22-23-34(37(26-33)41-2)36-25-29(24-35(38-36)28-12-6-3-7-13-28)27-18-20-32(21-19-27)39(30-14-8-4-9-15-30)31-16-10-5-11-17-31/h3-26H,1-2H3. The summed E-state index contributed by atoms with van der Waals surface area (Å²) in [6.07, 6.45) is 0. The first kappa shape index (κ1) is 25.9. The van der Waals surface area contributed by atoms with Gasteiger partial charge in [0.25, 0.3) is 0 Å². The van der Waals surface area contributed by atoms with Crippen molar-refractivity contribution in [1.82, 2.24) is 4.98 Å². The summed E-state index contributed by atoms with van der Waals surface area (Å²) in [5.74, 6) is 1.45. The van der Waals surface area contributed by atoms with Crippen molar-refractivity contribution < 1.29 is 9.47 Å². The highest BCUT2D eigenvalue weighted by atomic mass is 16.5. The number of para-hydroxylation sites is 2. The van der Waals surface area contributed by atoms with Crippen LogP contribution in [0.15, 0.2) is 146 Å². The minimum Gasteiger partial charge on any atom is -0.497 e. The van der Waals surface area contributed by atoms with Crippen molar-refractivity contribution in [2.75, 3.05) is 19.1 Å². The number of benzene rings is 5. The summed E-state index contributed by atoms with van der Waals surface area (Å²) < 4.78 is 11.2. The van der Waals surface area contributed by atoms with Gasteiger partial charge in [0.2, 0.25) is 0 Å². The molecule has 0 aliphatic carbocycles. The average molecular weight is 535 g/mol. The predicted molar refractivity (Wildman–Crippen MR) is 168 cm³/mol. The van der Waals surface area contributed by atoms with Gasteiger partial charge < -0.3 is 14.4 Å². The lowest BCUT2D eigenvalue weighted by Gasteiger charge is -2.25. The number of rotatable bonds is 8. The second kappa shape index (κ2) is 11.8. The molecule has 6 rings (SSSR count). The molecule has 0 aliphatic rings. The van der Waals surface area contributed by atoms with Gasteiger partial charge in [-0.25, -0.2) is 4.98 Å². The number of aromatic nitrogens is 1. The summed E-state index contributed by atoms with van der Waals surface area (Å²) in [6, 6.07) is 49.9. The van der Waals surface area contributed by atoms with Gasteiger partial charge in [-0.05, 0) is 71.8 Å². The van der Waals surface area contributed by atoms with Gasteiger partial charge in [0.05, 0.1) is 25.6 Å². The third-order valence-electron chi connectivity index (χ3n) is 7.07. The molecule has 0 fully saturated rings. The van der Waals surface area contributed by atoms with Gasteiger partial charge in [0.15, 0.2) is 0 Å². The Morgan fingerprint density at radius 1 is 0.463 bits per heavy atom. The van der Waals surface area contributed by atoms with Gasteiger partial charge >= 0.3 is 0 Å². The monoisotopic (exact) mass is 534 g/mol. The maximum Gasteiger partial charge on any atom is 0.131 e. The van der Waals surface area contributed by atoms with Crippen molar-refractivity contribution in [2.24, 2.45) is 0 Å². The van der Waals surface area contributed by atoms with Crippen LogP contribution in [0.1, 0.15) is 0 Å². The largest absolute Gasteiger partial charge is 0.497 e. The van der Waals surface area contributed by atoms with Gasteiger partial charge in [0, 0.05) is 34.3 Å². The van der Waals surface area contributed by atoms with E-state index in [1.807, 2.05) is 48.5 Å². The maximum absolute atomic E-state index is 5.73. The molecule has 41 heavy (non-hydrogen) atoms. The molecule has 0 spiro atoms. The Bertz CT molecular complexity index is 1700. The summed E-state index contributed by atoms with van der Waals surface area (Å²) in [7, 11) is 3.32. The third-order valence-corrected chi connectivity index (χ3v) is 7.07. The third kappa shape index (κ3) is 5.54. The maximum atomic E-state index is 5.73. The van der Waals surface area contributed by atoms with Gasteiger partial charge in [0.1, 0.15) is 11.5 Å². The number of hydrogen-bond acceptors (Lipinski definition) is 4. The predicted octanol–water partition coefficient (Wildman–Crippen LogP) is 9.57. The first-order chi connectivity index (χ1) is 20.2. The smallest absolute Gasteiger partial charge is 0.131 e. The lowest BCUT2D eigenvalue weighted by atomic mass is 9.99. The second-order valence-electron chi connectivity index (χ2n) is 9.61. The SMILES string of the molecule is COc1ccc(-c2cc(-c3ccc(N(c4ccccc4)c4ccccc4)cc3)cc(-c3ccccc3)n2)c(OC)c1. The van der Waals surface area contributed by atoms with Crippen molar-refractivity contribution in [1.29, 1.82) is 0 Å². The van der Waals surface area contributed by atoms with Crippen LogP contribution in [0, 0.1) is 0 Å². The Morgan fingerprint density at radius 2 is 1.02 bits per heavy atom. The van der Waals surface area contributed by atoms with Crippen molar-refractivity contribution in [3.8, 4) is 45.1 Å². The number of nitrogens with zero attached hydrogens (tertiary/aromatic N) is 2. The van der Waals surface area contributed by atoms with E-state index < -0.39 is 0 Å². The molecule has 1 aromatic heterocycles. The number of ether oxygens (including phenoxy) is 2. The molecule has 5 aromatic carbocycles. The minimum absolute atomic E-state index is 0.713. The van der Waals surface area contributed by atoms with Gasteiger partial charge in [-0.3, -0.25) is 0 Å². The van der Waals surface area contributed by atoms with E-state index >= 15 is 0 Å². The summed E-state index contributed by atoms with van der Waals surface area (Å²) in [5, 5.41) is 0. The summed E-state index contributed by atoms with van der Waals surface area (Å²) in [6.45, 7) is 0. The normalized spacial score (nSPS) is 10.7. The lowest BCUT2D eigenvalue weighted by molar-refractivity contribution is 0.395. The van der Waals surface area contributed by atoms with E-state index in [0.717, 1.165) is 56.5 Å². The zero-order valence-electron chi connectivity index (χ0n) is 23.1. The van der Waals surface area contributed by atoms with E-state index in [0.29, 0.717) is 5.75 Å². The van der Waals surface area contributed by atoms with E-state index in [9.17, 15) is 0 Å². The highest BCUT2D eigenvalue weighted by Crippen LogP contribution is 2.38. The summed E-state index contributed by atoms with van der Waals surface area (Å²) in [5.41, 5.74) is 9.16. The van der Waals surface area contributed by atoms with Gasteiger partial charge in [-0.15, -0.1) is 0 Å². The van der Waals surface area contributed by atoms with E-state index in [-0.39, 0.29) is 0 Å². The minimum atomic E-state index is 0.713. The molecule has 6 aromatic rings. The molecule has 0 radical (unpaired) electrons. The number of anilines is 3. The first-order valence-corrected chi connectivity index (χ1v) is 13.5. The fraction of sp³-hybridized carbons (Fsp3) is 0.0541. The van der Waals surface area contributed by atoms with Crippen LogP contribution in [0.25, 0.3) is 33.6 Å². The number of hydrogen-bond donors (Lipinski definition) is 0. The van der Waals surface area contributed by atoms with Crippen LogP contribution >= 0.6 is 0 Å². The zero-order chi connectivity index (χ0) is 28.0. The molecule has 1 heterocycles. The molecular formula is C37H30N2O2. The molecule has 0 bridgehead atoms. The van der Waals surface area contributed by atoms with E-state index in [2.05, 4.69) is 102 Å². The van der Waals surface area contributed by atoms with Crippen molar-refractivity contribution in [2.45, 2.75) is 0 Å². The molecule has 0 saturated carbocycles.